The summed E-state index contributed by atoms with van der Waals surface area (Å²) in [5.41, 5.74) is -3.54. The second-order valence-electron chi connectivity index (χ2n) is 16.4. The molecule has 2 rings (SSSR count). The van der Waals surface area contributed by atoms with Crippen molar-refractivity contribution in [1.29, 1.82) is 5.26 Å². The fraction of sp³-hybridized carbons (Fsp3) is 0.548. The van der Waals surface area contributed by atoms with Gasteiger partial charge in [-0.25, -0.2) is 9.59 Å². The number of carbonyl (C=O) groups excluding carboxylic acids is 5. The first kappa shape index (κ1) is 46.7. The maximum Gasteiger partial charge on any atom is 0.323 e. The van der Waals surface area contributed by atoms with E-state index in [0.717, 1.165) is 10.5 Å². The number of carboxylic acids is 1. The summed E-state index contributed by atoms with van der Waals surface area (Å²) in [6, 6.07) is 15.1. The van der Waals surface area contributed by atoms with E-state index in [4.69, 9.17) is 4.74 Å². The van der Waals surface area contributed by atoms with E-state index in [9.17, 15) is 39.1 Å². The van der Waals surface area contributed by atoms with E-state index in [1.54, 1.807) is 65.8 Å². The maximum atomic E-state index is 14.1. The summed E-state index contributed by atoms with van der Waals surface area (Å²) in [4.78, 5) is 78.6. The number of hydrogen-bond donors (Lipinski definition) is 5. The van der Waals surface area contributed by atoms with Gasteiger partial charge in [-0.2, -0.15) is 5.26 Å². The van der Waals surface area contributed by atoms with Crippen LogP contribution in [0.3, 0.4) is 0 Å². The standard InChI is InChI=1S/C42H60N6O8/c1-12-40(8,34(51)52)26-42(10,35(53)56-13-2)27-41(9,25-38(4,5)33(50)46-32-20-15-14-17-29(32)24-43)31-19-16-18-30(23-31)39(6,7)47-36(54)45-21-22-48(28(3)49)37(55)44-11/h14-20,23H,12-13,21-22,25-27H2,1-11H3,(H,44,55)(H,46,50)(H,51,52)(H2,45,47,54). The quantitative estimate of drug-likeness (QED) is 0.105. The second-order valence-corrected chi connectivity index (χ2v) is 16.4. The minimum Gasteiger partial charge on any atom is -0.481 e. The van der Waals surface area contributed by atoms with Crippen LogP contribution in [-0.4, -0.2) is 72.6 Å². The predicted molar refractivity (Wildman–Crippen MR) is 213 cm³/mol. The van der Waals surface area contributed by atoms with Gasteiger partial charge in [-0.1, -0.05) is 64.1 Å². The van der Waals surface area contributed by atoms with E-state index in [2.05, 4.69) is 27.3 Å². The molecular weight excluding hydrogens is 716 g/mol. The van der Waals surface area contributed by atoms with Gasteiger partial charge in [0.25, 0.3) is 0 Å². The summed E-state index contributed by atoms with van der Waals surface area (Å²) in [5, 5.41) is 30.9. The number of anilines is 1. The SMILES string of the molecule is CCOC(=O)C(C)(CC(C)(CC)C(=O)O)CC(C)(CC(C)(C)C(=O)Nc1ccccc1C#N)c1cccc(C(C)(C)NC(=O)NCCN(C(C)=O)C(=O)NC)c1. The molecule has 2 aromatic rings. The van der Waals surface area contributed by atoms with Gasteiger partial charge in [0.15, 0.2) is 0 Å². The number of nitrogens with one attached hydrogen (secondary N) is 4. The molecule has 0 aliphatic rings. The third-order valence-corrected chi connectivity index (χ3v) is 10.5. The van der Waals surface area contributed by atoms with E-state index >= 15 is 0 Å². The van der Waals surface area contributed by atoms with Gasteiger partial charge in [-0.3, -0.25) is 24.1 Å². The number of carbonyl (C=O) groups is 6. The van der Waals surface area contributed by atoms with Crippen molar-refractivity contribution in [3.8, 4) is 6.07 Å². The lowest BCUT2D eigenvalue weighted by Gasteiger charge is -2.44. The Hall–Kier alpha value is -5.45. The first-order valence-electron chi connectivity index (χ1n) is 18.8. The molecule has 0 radical (unpaired) electrons. The number of aliphatic carboxylic acids is 1. The topological polar surface area (TPSA) is 207 Å². The van der Waals surface area contributed by atoms with Gasteiger partial charge in [0, 0.05) is 32.5 Å². The molecule has 2 aromatic carbocycles. The number of nitriles is 1. The van der Waals surface area contributed by atoms with Crippen LogP contribution < -0.4 is 21.3 Å². The van der Waals surface area contributed by atoms with Crippen molar-refractivity contribution in [2.24, 2.45) is 16.2 Å². The number of carboxylic acid groups (broad SMARTS) is 1. The van der Waals surface area contributed by atoms with Crippen molar-refractivity contribution in [3.63, 3.8) is 0 Å². The lowest BCUT2D eigenvalue weighted by molar-refractivity contribution is -0.162. The number of ether oxygens (including phenoxy) is 1. The van der Waals surface area contributed by atoms with Gasteiger partial charge in [0.05, 0.1) is 34.2 Å². The molecule has 0 aromatic heterocycles. The molecule has 0 fully saturated rings. The van der Waals surface area contributed by atoms with E-state index in [-0.39, 0.29) is 51.3 Å². The van der Waals surface area contributed by atoms with Crippen molar-refractivity contribution >= 4 is 41.5 Å². The van der Waals surface area contributed by atoms with Crippen molar-refractivity contribution in [1.82, 2.24) is 20.9 Å². The maximum absolute atomic E-state index is 14.1. The molecule has 0 aliphatic carbocycles. The monoisotopic (exact) mass is 776 g/mol. The van der Waals surface area contributed by atoms with Crippen LogP contribution in [0.4, 0.5) is 15.3 Å². The van der Waals surface area contributed by atoms with E-state index in [0.29, 0.717) is 16.8 Å². The minimum atomic E-state index is -1.32. The second kappa shape index (κ2) is 18.9. The number of hydrogen-bond acceptors (Lipinski definition) is 8. The third kappa shape index (κ3) is 11.8. The fourth-order valence-electron chi connectivity index (χ4n) is 7.39. The van der Waals surface area contributed by atoms with Gasteiger partial charge in [-0.05, 0) is 89.0 Å². The smallest absolute Gasteiger partial charge is 0.323 e. The number of nitrogens with zero attached hydrogens (tertiary/aromatic N) is 2. The highest BCUT2D eigenvalue weighted by Gasteiger charge is 2.50. The number of benzene rings is 2. The third-order valence-electron chi connectivity index (χ3n) is 10.5. The van der Waals surface area contributed by atoms with Crippen LogP contribution in [0.5, 0.6) is 0 Å². The zero-order chi connectivity index (χ0) is 42.7. The molecule has 14 heteroatoms. The van der Waals surface area contributed by atoms with Gasteiger partial charge in [-0.15, -0.1) is 0 Å². The van der Waals surface area contributed by atoms with Crippen LogP contribution in [0.15, 0.2) is 48.5 Å². The Morgan fingerprint density at radius 3 is 2.04 bits per heavy atom. The summed E-state index contributed by atoms with van der Waals surface area (Å²) < 4.78 is 5.60. The van der Waals surface area contributed by atoms with Gasteiger partial charge < -0.3 is 31.1 Å². The molecule has 0 saturated heterocycles. The Morgan fingerprint density at radius 1 is 0.857 bits per heavy atom. The predicted octanol–water partition coefficient (Wildman–Crippen LogP) is 6.44. The molecule has 0 aliphatic heterocycles. The lowest BCUT2D eigenvalue weighted by Crippen LogP contribution is -2.50. The average molecular weight is 777 g/mol. The highest BCUT2D eigenvalue weighted by Crippen LogP contribution is 2.50. The molecule has 0 saturated carbocycles. The van der Waals surface area contributed by atoms with Crippen molar-refractivity contribution in [2.45, 2.75) is 106 Å². The molecular formula is C42H60N6O8. The molecule has 56 heavy (non-hydrogen) atoms. The van der Waals surface area contributed by atoms with Crippen LogP contribution in [0.25, 0.3) is 0 Å². The number of imide groups is 1. The highest BCUT2D eigenvalue weighted by molar-refractivity contribution is 5.96. The average Bonchev–Trinajstić information content (AvgIpc) is 3.12. The molecule has 0 bridgehead atoms. The molecule has 14 nitrogen and oxygen atoms in total. The Kier molecular flexibility index (Phi) is 15.8. The molecule has 3 atom stereocenters. The largest absolute Gasteiger partial charge is 0.481 e. The molecule has 5 N–H and O–H groups in total. The van der Waals surface area contributed by atoms with Crippen LogP contribution >= 0.6 is 0 Å². The molecule has 0 heterocycles. The fourth-order valence-corrected chi connectivity index (χ4v) is 7.39. The van der Waals surface area contributed by atoms with E-state index in [1.807, 2.05) is 45.0 Å². The van der Waals surface area contributed by atoms with E-state index < -0.39 is 57.1 Å². The van der Waals surface area contributed by atoms with Crippen LogP contribution in [0.1, 0.15) is 112 Å². The Morgan fingerprint density at radius 2 is 1.48 bits per heavy atom. The van der Waals surface area contributed by atoms with Gasteiger partial charge in [0.1, 0.15) is 6.07 Å². The molecule has 3 unspecified atom stereocenters. The van der Waals surface area contributed by atoms with Crippen LogP contribution in [0, 0.1) is 27.6 Å². The summed E-state index contributed by atoms with van der Waals surface area (Å²) in [6.07, 6.45) is 0.511. The van der Waals surface area contributed by atoms with E-state index in [1.165, 1.54) is 14.0 Å². The zero-order valence-electron chi connectivity index (χ0n) is 34.8. The summed E-state index contributed by atoms with van der Waals surface area (Å²) in [6.45, 7) is 17.2. The molecule has 6 amide bonds. The molecule has 306 valence electrons. The van der Waals surface area contributed by atoms with Crippen molar-refractivity contribution < 1.29 is 38.6 Å². The van der Waals surface area contributed by atoms with Gasteiger partial charge in [0.2, 0.25) is 11.8 Å². The number of esters is 1. The lowest BCUT2D eigenvalue weighted by atomic mass is 9.59. The Bertz CT molecular complexity index is 1820. The number of amides is 6. The summed E-state index contributed by atoms with van der Waals surface area (Å²) >= 11 is 0. The number of para-hydroxylation sites is 1. The number of rotatable bonds is 18. The zero-order valence-corrected chi connectivity index (χ0v) is 34.8. The molecule has 0 spiro atoms. The van der Waals surface area contributed by atoms with Crippen LogP contribution in [-0.2, 0) is 34.9 Å². The van der Waals surface area contributed by atoms with Crippen LogP contribution in [0.2, 0.25) is 0 Å². The normalized spacial score (nSPS) is 14.7. The number of urea groups is 2. The highest BCUT2D eigenvalue weighted by atomic mass is 16.5. The van der Waals surface area contributed by atoms with Crippen molar-refractivity contribution in [2.75, 3.05) is 32.1 Å². The first-order valence-corrected chi connectivity index (χ1v) is 18.8. The minimum absolute atomic E-state index is 0.00246. The van der Waals surface area contributed by atoms with Gasteiger partial charge >= 0.3 is 24.0 Å². The Labute approximate surface area is 331 Å². The summed E-state index contributed by atoms with van der Waals surface area (Å²) in [5.74, 6) is -2.42. The first-order chi connectivity index (χ1) is 25.9. The summed E-state index contributed by atoms with van der Waals surface area (Å²) in [7, 11) is 1.40. The Balaban J connectivity index is 2.65. The van der Waals surface area contributed by atoms with Crippen molar-refractivity contribution in [3.05, 3.63) is 65.2 Å².